The van der Waals surface area contributed by atoms with E-state index in [0.717, 1.165) is 53.6 Å². The molecule has 2 fully saturated rings. The predicted molar refractivity (Wildman–Crippen MR) is 203 cm³/mol. The largest absolute Gasteiger partial charge is 0.388 e. The molecule has 0 bridgehead atoms. The summed E-state index contributed by atoms with van der Waals surface area (Å²) in [6.45, 7) is 7.43. The SMILES string of the molecule is Cc1cccc(-n2ccc3c(=O)n(CC4(O)CCN(C(=O)[C@@H]5CCN(Cc6cnc(-c7ccc(C)nc7)s6)C[C@H]5c5ccccc5)CC4)cnc32)c1. The molecule has 0 saturated carbocycles. The number of benzene rings is 2. The number of piperidine rings is 2. The number of nitrogens with zero attached hydrogens (tertiary/aromatic N) is 7. The van der Waals surface area contributed by atoms with Gasteiger partial charge in [0.1, 0.15) is 11.3 Å². The highest BCUT2D eigenvalue weighted by Gasteiger charge is 2.41. The fraction of sp³-hybridized carbons (Fsp3) is 0.341. The van der Waals surface area contributed by atoms with Crippen molar-refractivity contribution in [2.24, 2.45) is 5.92 Å². The minimum atomic E-state index is -1.11. The van der Waals surface area contributed by atoms with Crippen LogP contribution in [0.3, 0.4) is 0 Å². The average molecular weight is 714 g/mol. The lowest BCUT2D eigenvalue weighted by Crippen LogP contribution is -2.53. The van der Waals surface area contributed by atoms with Crippen molar-refractivity contribution >= 4 is 28.3 Å². The maximum absolute atomic E-state index is 14.2. The summed E-state index contributed by atoms with van der Waals surface area (Å²) in [5.41, 5.74) is 4.56. The summed E-state index contributed by atoms with van der Waals surface area (Å²) in [7, 11) is 0. The van der Waals surface area contributed by atoms with Crippen LogP contribution in [-0.2, 0) is 17.9 Å². The van der Waals surface area contributed by atoms with Crippen molar-refractivity contribution in [2.45, 2.75) is 57.7 Å². The fourth-order valence-electron chi connectivity index (χ4n) is 7.83. The van der Waals surface area contributed by atoms with Crippen LogP contribution >= 0.6 is 11.3 Å². The topological polar surface area (TPSA) is 109 Å². The number of carbonyl (C=O) groups excluding carboxylic acids is 1. The predicted octanol–water partition coefficient (Wildman–Crippen LogP) is 5.98. The van der Waals surface area contributed by atoms with Gasteiger partial charge in [-0.2, -0.15) is 0 Å². The van der Waals surface area contributed by atoms with Crippen molar-refractivity contribution < 1.29 is 9.90 Å². The van der Waals surface area contributed by atoms with Crippen LogP contribution in [0.25, 0.3) is 27.3 Å². The van der Waals surface area contributed by atoms with Gasteiger partial charge in [0.25, 0.3) is 5.56 Å². The Morgan fingerprint density at radius 2 is 1.77 bits per heavy atom. The number of amides is 1. The molecule has 4 aromatic heterocycles. The van der Waals surface area contributed by atoms with Gasteiger partial charge in [0, 0.05) is 78.4 Å². The molecule has 2 atom stereocenters. The van der Waals surface area contributed by atoms with E-state index in [1.165, 1.54) is 21.3 Å². The van der Waals surface area contributed by atoms with Crippen molar-refractivity contribution in [1.82, 2.24) is 33.9 Å². The second kappa shape index (κ2) is 14.2. The van der Waals surface area contributed by atoms with Gasteiger partial charge < -0.3 is 14.6 Å². The second-order valence-electron chi connectivity index (χ2n) is 14.5. The maximum atomic E-state index is 14.2. The summed E-state index contributed by atoms with van der Waals surface area (Å²) in [6.07, 6.45) is 8.80. The molecular weight excluding hydrogens is 671 g/mol. The Kier molecular flexibility index (Phi) is 9.33. The number of fused-ring (bicyclic) bond motifs is 1. The fourth-order valence-corrected chi connectivity index (χ4v) is 8.78. The summed E-state index contributed by atoms with van der Waals surface area (Å²) >= 11 is 1.70. The van der Waals surface area contributed by atoms with Gasteiger partial charge >= 0.3 is 0 Å². The third-order valence-corrected chi connectivity index (χ3v) is 11.8. The molecule has 6 aromatic rings. The first-order valence-electron chi connectivity index (χ1n) is 18.0. The van der Waals surface area contributed by atoms with Gasteiger partial charge in [-0.25, -0.2) is 9.97 Å². The normalized spacial score (nSPS) is 19.2. The lowest BCUT2D eigenvalue weighted by molar-refractivity contribution is -0.142. The number of hydrogen-bond acceptors (Lipinski definition) is 8. The molecule has 0 spiro atoms. The zero-order valence-corrected chi connectivity index (χ0v) is 30.4. The number of hydrogen-bond donors (Lipinski definition) is 1. The van der Waals surface area contributed by atoms with E-state index in [4.69, 9.17) is 0 Å². The zero-order chi connectivity index (χ0) is 35.8. The van der Waals surface area contributed by atoms with Crippen LogP contribution in [0.1, 0.15) is 46.9 Å². The molecule has 2 aliphatic rings. The highest BCUT2D eigenvalue weighted by atomic mass is 32.1. The number of aliphatic hydroxyl groups is 1. The first-order chi connectivity index (χ1) is 25.2. The smallest absolute Gasteiger partial charge is 0.262 e. The van der Waals surface area contributed by atoms with Crippen molar-refractivity contribution in [3.05, 3.63) is 130 Å². The average Bonchev–Trinajstić information content (AvgIpc) is 3.82. The molecular formula is C41H43N7O3S. The number of pyridine rings is 1. The Morgan fingerprint density at radius 1 is 0.942 bits per heavy atom. The number of thiazole rings is 1. The number of aromatic nitrogens is 5. The minimum Gasteiger partial charge on any atom is -0.388 e. The molecule has 10 nitrogen and oxygen atoms in total. The van der Waals surface area contributed by atoms with Gasteiger partial charge in [-0.05, 0) is 81.1 Å². The van der Waals surface area contributed by atoms with E-state index in [0.29, 0.717) is 37.0 Å². The number of carbonyl (C=O) groups is 1. The molecule has 0 aliphatic carbocycles. The van der Waals surface area contributed by atoms with Crippen LogP contribution in [0.2, 0.25) is 0 Å². The summed E-state index contributed by atoms with van der Waals surface area (Å²) in [6, 6.07) is 24.3. The van der Waals surface area contributed by atoms with Crippen LogP contribution in [0, 0.1) is 19.8 Å². The first-order valence-corrected chi connectivity index (χ1v) is 18.8. The van der Waals surface area contributed by atoms with Gasteiger partial charge in [-0.1, -0.05) is 42.5 Å². The third-order valence-electron chi connectivity index (χ3n) is 10.8. The molecule has 8 rings (SSSR count). The van der Waals surface area contributed by atoms with E-state index < -0.39 is 5.60 Å². The quantitative estimate of drug-likeness (QED) is 0.207. The van der Waals surface area contributed by atoms with Crippen LogP contribution in [-0.4, -0.2) is 76.7 Å². The van der Waals surface area contributed by atoms with Crippen LogP contribution in [0.15, 0.2) is 103 Å². The van der Waals surface area contributed by atoms with Crippen molar-refractivity contribution in [3.8, 4) is 16.3 Å². The van der Waals surface area contributed by atoms with Gasteiger partial charge in [0.15, 0.2) is 5.65 Å². The molecule has 6 heterocycles. The molecule has 52 heavy (non-hydrogen) atoms. The molecule has 1 N–H and O–H groups in total. The van der Waals surface area contributed by atoms with Crippen LogP contribution in [0.5, 0.6) is 0 Å². The molecule has 2 saturated heterocycles. The summed E-state index contributed by atoms with van der Waals surface area (Å²) < 4.78 is 3.44. The Balaban J connectivity index is 0.929. The highest BCUT2D eigenvalue weighted by Crippen LogP contribution is 2.37. The van der Waals surface area contributed by atoms with Crippen molar-refractivity contribution in [2.75, 3.05) is 26.2 Å². The maximum Gasteiger partial charge on any atom is 0.262 e. The van der Waals surface area contributed by atoms with Crippen LogP contribution < -0.4 is 5.56 Å². The Labute approximate surface area is 307 Å². The lowest BCUT2D eigenvalue weighted by atomic mass is 9.79. The highest BCUT2D eigenvalue weighted by molar-refractivity contribution is 7.15. The monoisotopic (exact) mass is 713 g/mol. The Morgan fingerprint density at radius 3 is 2.54 bits per heavy atom. The molecule has 0 radical (unpaired) electrons. The molecule has 2 aromatic carbocycles. The molecule has 1 amide bonds. The Bertz CT molecular complexity index is 2250. The van der Waals surface area contributed by atoms with E-state index in [-0.39, 0.29) is 29.8 Å². The number of rotatable bonds is 8. The van der Waals surface area contributed by atoms with Gasteiger partial charge in [0.05, 0.1) is 17.5 Å². The molecule has 2 aliphatic heterocycles. The zero-order valence-electron chi connectivity index (χ0n) is 29.6. The van der Waals surface area contributed by atoms with E-state index in [1.807, 2.05) is 84.4 Å². The van der Waals surface area contributed by atoms with Crippen molar-refractivity contribution in [1.29, 1.82) is 0 Å². The van der Waals surface area contributed by atoms with Gasteiger partial charge in [-0.3, -0.25) is 24.0 Å². The van der Waals surface area contributed by atoms with E-state index in [9.17, 15) is 14.7 Å². The standard InChI is InChI=1S/C41H43N7O3S/c1-28-7-6-10-32(21-28)48-18-14-35-37(48)44-27-47(40(35)50)26-41(51)15-19-46(20-16-41)39(49)34-13-17-45(25-36(34)30-8-4-3-5-9-30)24-33-23-43-38(52-33)31-12-11-29(2)42-22-31/h3-12,14,18,21-23,27,34,36,51H,13,15-17,19-20,24-26H2,1-2H3/t34-,36+/m1/s1. The number of likely N-dealkylation sites (tertiary alicyclic amines) is 2. The molecule has 266 valence electrons. The van der Waals surface area contributed by atoms with E-state index in [2.05, 4.69) is 44.1 Å². The van der Waals surface area contributed by atoms with E-state index in [1.54, 1.807) is 17.4 Å². The minimum absolute atomic E-state index is 0.0560. The lowest BCUT2D eigenvalue weighted by Gasteiger charge is -2.43. The van der Waals surface area contributed by atoms with Gasteiger partial charge in [0.2, 0.25) is 5.91 Å². The summed E-state index contributed by atoms with van der Waals surface area (Å²) in [5.74, 6) is 0.0628. The molecule has 11 heteroatoms. The number of aryl methyl sites for hydroxylation is 2. The van der Waals surface area contributed by atoms with Gasteiger partial charge in [-0.15, -0.1) is 11.3 Å². The second-order valence-corrected chi connectivity index (χ2v) is 15.6. The van der Waals surface area contributed by atoms with Crippen molar-refractivity contribution in [3.63, 3.8) is 0 Å². The summed E-state index contributed by atoms with van der Waals surface area (Å²) in [4.78, 5) is 47.1. The van der Waals surface area contributed by atoms with Crippen LogP contribution in [0.4, 0.5) is 0 Å². The first kappa shape index (κ1) is 34.1. The van der Waals surface area contributed by atoms with E-state index >= 15 is 0 Å². The Hall–Kier alpha value is -4.97. The molecule has 0 unspecified atom stereocenters. The third kappa shape index (κ3) is 6.96. The summed E-state index contributed by atoms with van der Waals surface area (Å²) in [5, 5.41) is 13.2.